The second-order valence-corrected chi connectivity index (χ2v) is 7.51. The molecule has 0 spiro atoms. The SMILES string of the molecule is CCSC1CCCC1NCC1Cc2cc(C)ccc2O1. The largest absolute Gasteiger partial charge is 0.488 e. The standard InChI is InChI=1S/C17H25NOS/c1-3-20-17-6-4-5-15(17)18-11-14-10-13-9-12(2)7-8-16(13)19-14/h7-9,14-15,17-18H,3-6,10-11H2,1-2H3. The lowest BCUT2D eigenvalue weighted by atomic mass is 10.1. The highest BCUT2D eigenvalue weighted by Crippen LogP contribution is 2.31. The van der Waals surface area contributed by atoms with Gasteiger partial charge in [-0.15, -0.1) is 0 Å². The molecular weight excluding hydrogens is 266 g/mol. The molecule has 0 radical (unpaired) electrons. The Kier molecular flexibility index (Phi) is 4.57. The van der Waals surface area contributed by atoms with Gasteiger partial charge in [-0.05, 0) is 37.1 Å². The number of ether oxygens (including phenoxy) is 1. The lowest BCUT2D eigenvalue weighted by molar-refractivity contribution is 0.222. The van der Waals surface area contributed by atoms with Gasteiger partial charge in [0.1, 0.15) is 11.9 Å². The van der Waals surface area contributed by atoms with Crippen molar-refractivity contribution in [1.82, 2.24) is 5.32 Å². The van der Waals surface area contributed by atoms with Gasteiger partial charge >= 0.3 is 0 Å². The van der Waals surface area contributed by atoms with E-state index in [2.05, 4.69) is 49.1 Å². The Bertz CT molecular complexity index is 462. The maximum atomic E-state index is 6.05. The molecule has 1 fully saturated rings. The number of rotatable bonds is 5. The highest BCUT2D eigenvalue weighted by molar-refractivity contribution is 7.99. The average molecular weight is 291 g/mol. The van der Waals surface area contributed by atoms with Crippen LogP contribution in [0.3, 0.4) is 0 Å². The number of hydrogen-bond acceptors (Lipinski definition) is 3. The van der Waals surface area contributed by atoms with E-state index in [4.69, 9.17) is 4.74 Å². The molecule has 2 aliphatic rings. The molecule has 1 N–H and O–H groups in total. The Labute approximate surface area is 126 Å². The van der Waals surface area contributed by atoms with Crippen LogP contribution in [0.25, 0.3) is 0 Å². The number of hydrogen-bond donors (Lipinski definition) is 1. The quantitative estimate of drug-likeness (QED) is 0.896. The average Bonchev–Trinajstić information content (AvgIpc) is 3.02. The van der Waals surface area contributed by atoms with Crippen LogP contribution in [0.2, 0.25) is 0 Å². The smallest absolute Gasteiger partial charge is 0.123 e. The summed E-state index contributed by atoms with van der Waals surface area (Å²) in [6.45, 7) is 5.40. The highest BCUT2D eigenvalue weighted by Gasteiger charge is 2.29. The topological polar surface area (TPSA) is 21.3 Å². The summed E-state index contributed by atoms with van der Waals surface area (Å²) in [6, 6.07) is 7.21. The minimum Gasteiger partial charge on any atom is -0.488 e. The second-order valence-electron chi connectivity index (χ2n) is 5.99. The predicted molar refractivity (Wildman–Crippen MR) is 86.9 cm³/mol. The zero-order valence-corrected chi connectivity index (χ0v) is 13.3. The maximum Gasteiger partial charge on any atom is 0.123 e. The monoisotopic (exact) mass is 291 g/mol. The lowest BCUT2D eigenvalue weighted by Crippen LogP contribution is -2.40. The van der Waals surface area contributed by atoms with Crippen molar-refractivity contribution in [2.24, 2.45) is 0 Å². The van der Waals surface area contributed by atoms with Gasteiger partial charge in [0.25, 0.3) is 0 Å². The molecule has 3 heteroatoms. The molecule has 0 aromatic heterocycles. The van der Waals surface area contributed by atoms with E-state index >= 15 is 0 Å². The third kappa shape index (κ3) is 3.15. The minimum atomic E-state index is 0.319. The van der Waals surface area contributed by atoms with E-state index < -0.39 is 0 Å². The Morgan fingerprint density at radius 3 is 3.10 bits per heavy atom. The van der Waals surface area contributed by atoms with E-state index in [1.807, 2.05) is 0 Å². The Hall–Kier alpha value is -0.670. The van der Waals surface area contributed by atoms with E-state index in [9.17, 15) is 0 Å². The fourth-order valence-corrected chi connectivity index (χ4v) is 4.65. The number of fused-ring (bicyclic) bond motifs is 1. The molecule has 1 heterocycles. The van der Waals surface area contributed by atoms with E-state index in [0.29, 0.717) is 12.1 Å². The molecule has 110 valence electrons. The molecular formula is C17H25NOS. The number of aryl methyl sites for hydroxylation is 1. The number of nitrogens with one attached hydrogen (secondary N) is 1. The lowest BCUT2D eigenvalue weighted by Gasteiger charge is -2.22. The molecule has 0 bridgehead atoms. The second kappa shape index (κ2) is 6.40. The third-order valence-corrected chi connectivity index (χ3v) is 5.72. The van der Waals surface area contributed by atoms with E-state index in [1.165, 1.54) is 36.1 Å². The molecule has 1 aromatic rings. The van der Waals surface area contributed by atoms with Gasteiger partial charge in [-0.3, -0.25) is 0 Å². The maximum absolute atomic E-state index is 6.05. The fourth-order valence-electron chi connectivity index (χ4n) is 3.42. The van der Waals surface area contributed by atoms with Crippen LogP contribution in [-0.2, 0) is 6.42 Å². The van der Waals surface area contributed by atoms with Gasteiger partial charge in [-0.1, -0.05) is 31.0 Å². The van der Waals surface area contributed by atoms with Crippen LogP contribution < -0.4 is 10.1 Å². The third-order valence-electron chi connectivity index (χ3n) is 4.40. The molecule has 3 rings (SSSR count). The molecule has 1 aromatic carbocycles. The van der Waals surface area contributed by atoms with Crippen molar-refractivity contribution in [3.8, 4) is 5.75 Å². The number of benzene rings is 1. The summed E-state index contributed by atoms with van der Waals surface area (Å²) >= 11 is 2.12. The summed E-state index contributed by atoms with van der Waals surface area (Å²) in [5.41, 5.74) is 2.71. The molecule has 3 unspecified atom stereocenters. The van der Waals surface area contributed by atoms with E-state index in [1.54, 1.807) is 0 Å². The van der Waals surface area contributed by atoms with Crippen LogP contribution in [0.4, 0.5) is 0 Å². The van der Waals surface area contributed by atoms with Gasteiger partial charge in [-0.25, -0.2) is 0 Å². The summed E-state index contributed by atoms with van der Waals surface area (Å²) in [5.74, 6) is 2.32. The van der Waals surface area contributed by atoms with Crippen LogP contribution in [0.5, 0.6) is 5.75 Å². The summed E-state index contributed by atoms with van der Waals surface area (Å²) in [4.78, 5) is 0. The Morgan fingerprint density at radius 2 is 2.25 bits per heavy atom. The minimum absolute atomic E-state index is 0.319. The van der Waals surface area contributed by atoms with Crippen LogP contribution in [0.15, 0.2) is 18.2 Å². The molecule has 0 saturated heterocycles. The first-order chi connectivity index (χ1) is 9.76. The molecule has 1 saturated carbocycles. The molecule has 2 nitrogen and oxygen atoms in total. The van der Waals surface area contributed by atoms with Crippen molar-refractivity contribution >= 4 is 11.8 Å². The normalized spacial score (nSPS) is 28.4. The Balaban J connectivity index is 1.51. The summed E-state index contributed by atoms with van der Waals surface area (Å²) in [5, 5.41) is 4.57. The Morgan fingerprint density at radius 1 is 1.35 bits per heavy atom. The summed E-state index contributed by atoms with van der Waals surface area (Å²) in [6.07, 6.45) is 5.46. The molecule has 0 amide bonds. The first-order valence-electron chi connectivity index (χ1n) is 7.87. The van der Waals surface area contributed by atoms with Gasteiger partial charge in [0.15, 0.2) is 0 Å². The summed E-state index contributed by atoms with van der Waals surface area (Å²) < 4.78 is 6.05. The van der Waals surface area contributed by atoms with Gasteiger partial charge in [0.2, 0.25) is 0 Å². The molecule has 3 atom stereocenters. The van der Waals surface area contributed by atoms with E-state index in [0.717, 1.165) is 24.0 Å². The van der Waals surface area contributed by atoms with Gasteiger partial charge in [0, 0.05) is 24.3 Å². The number of thioether (sulfide) groups is 1. The van der Waals surface area contributed by atoms with Gasteiger partial charge in [-0.2, -0.15) is 11.8 Å². The first kappa shape index (κ1) is 14.3. The van der Waals surface area contributed by atoms with Crippen LogP contribution >= 0.6 is 11.8 Å². The first-order valence-corrected chi connectivity index (χ1v) is 8.92. The zero-order valence-electron chi connectivity index (χ0n) is 12.5. The van der Waals surface area contributed by atoms with Crippen LogP contribution in [0, 0.1) is 6.92 Å². The van der Waals surface area contributed by atoms with E-state index in [-0.39, 0.29) is 0 Å². The highest BCUT2D eigenvalue weighted by atomic mass is 32.2. The van der Waals surface area contributed by atoms with Crippen molar-refractivity contribution < 1.29 is 4.74 Å². The van der Waals surface area contributed by atoms with Crippen molar-refractivity contribution in [2.45, 2.75) is 56.9 Å². The van der Waals surface area contributed by atoms with Gasteiger partial charge < -0.3 is 10.1 Å². The van der Waals surface area contributed by atoms with Crippen molar-refractivity contribution in [2.75, 3.05) is 12.3 Å². The van der Waals surface area contributed by atoms with Crippen molar-refractivity contribution in [3.63, 3.8) is 0 Å². The zero-order chi connectivity index (χ0) is 13.9. The predicted octanol–water partition coefficient (Wildman–Crippen LogP) is 3.56. The molecule has 20 heavy (non-hydrogen) atoms. The van der Waals surface area contributed by atoms with Crippen LogP contribution in [-0.4, -0.2) is 29.7 Å². The van der Waals surface area contributed by atoms with Crippen LogP contribution in [0.1, 0.15) is 37.3 Å². The van der Waals surface area contributed by atoms with Crippen molar-refractivity contribution in [1.29, 1.82) is 0 Å². The van der Waals surface area contributed by atoms with Gasteiger partial charge in [0.05, 0.1) is 0 Å². The summed E-state index contributed by atoms with van der Waals surface area (Å²) in [7, 11) is 0. The molecule has 1 aliphatic heterocycles. The van der Waals surface area contributed by atoms with Crippen molar-refractivity contribution in [3.05, 3.63) is 29.3 Å². The fraction of sp³-hybridized carbons (Fsp3) is 0.647. The molecule has 1 aliphatic carbocycles.